The summed E-state index contributed by atoms with van der Waals surface area (Å²) in [6, 6.07) is 9.37. The molecule has 4 nitrogen and oxygen atoms in total. The molecule has 23 heavy (non-hydrogen) atoms. The van der Waals surface area contributed by atoms with E-state index in [1.807, 2.05) is 0 Å². The molecule has 1 aromatic carbocycles. The summed E-state index contributed by atoms with van der Waals surface area (Å²) in [5.41, 5.74) is 3.06. The maximum absolute atomic E-state index is 5.15. The van der Waals surface area contributed by atoms with Gasteiger partial charge in [-0.1, -0.05) is 38.0 Å². The Bertz CT molecular complexity index is 701. The first kappa shape index (κ1) is 15.1. The normalized spacial score (nSPS) is 26.2. The van der Waals surface area contributed by atoms with E-state index in [0.29, 0.717) is 12.6 Å². The number of aromatic nitrogens is 2. The molecule has 1 aliphatic carbocycles. The average Bonchev–Trinajstić information content (AvgIpc) is 3.13. The average molecular weight is 329 g/mol. The van der Waals surface area contributed by atoms with Crippen molar-refractivity contribution in [2.75, 3.05) is 18.6 Å². The smallest absolute Gasteiger partial charge is 0.210 e. The molecule has 0 saturated heterocycles. The van der Waals surface area contributed by atoms with Crippen LogP contribution < -0.4 is 4.90 Å². The largest absolute Gasteiger partial charge is 0.384 e. The molecule has 0 radical (unpaired) electrons. The van der Waals surface area contributed by atoms with Crippen LogP contribution in [0.2, 0.25) is 0 Å². The zero-order chi connectivity index (χ0) is 15.9. The van der Waals surface area contributed by atoms with Crippen molar-refractivity contribution in [3.8, 4) is 0 Å². The quantitative estimate of drug-likeness (QED) is 0.847. The van der Waals surface area contributed by atoms with Crippen LogP contribution in [-0.2, 0) is 16.6 Å². The Morgan fingerprint density at radius 2 is 2.22 bits per heavy atom. The summed E-state index contributed by atoms with van der Waals surface area (Å²) in [5, 5.41) is 1.04. The number of fused-ring (bicyclic) bond motifs is 3. The molecule has 1 fully saturated rings. The third-order valence-electron chi connectivity index (χ3n) is 5.44. The first-order chi connectivity index (χ1) is 11.2. The van der Waals surface area contributed by atoms with Crippen molar-refractivity contribution in [2.45, 2.75) is 50.5 Å². The van der Waals surface area contributed by atoms with Crippen LogP contribution in [0, 0.1) is 0 Å². The molecule has 2 atom stereocenters. The molecule has 1 aliphatic heterocycles. The lowest BCUT2D eigenvalue weighted by Crippen LogP contribution is -2.43. The predicted octanol–water partition coefficient (Wildman–Crippen LogP) is 4.08. The van der Waals surface area contributed by atoms with E-state index >= 15 is 0 Å². The molecule has 0 unspecified atom stereocenters. The molecule has 1 saturated carbocycles. The number of rotatable bonds is 4. The van der Waals surface area contributed by atoms with Crippen LogP contribution in [0.15, 0.2) is 24.3 Å². The maximum atomic E-state index is 5.15. The van der Waals surface area contributed by atoms with Crippen molar-refractivity contribution in [2.24, 2.45) is 0 Å². The Morgan fingerprint density at radius 3 is 3.09 bits per heavy atom. The number of para-hydroxylation sites is 1. The zero-order valence-electron chi connectivity index (χ0n) is 13.8. The molecule has 0 bridgehead atoms. The lowest BCUT2D eigenvalue weighted by atomic mass is 9.69. The highest BCUT2D eigenvalue weighted by molar-refractivity contribution is 7.09. The highest BCUT2D eigenvalue weighted by Crippen LogP contribution is 2.54. The number of nitrogens with zero attached hydrogens (tertiary/aromatic N) is 3. The Kier molecular flexibility index (Phi) is 3.85. The van der Waals surface area contributed by atoms with E-state index in [1.165, 1.54) is 48.5 Å². The first-order valence-corrected chi connectivity index (χ1v) is 9.21. The summed E-state index contributed by atoms with van der Waals surface area (Å²) in [6.07, 6.45) is 5.91. The second kappa shape index (κ2) is 5.87. The van der Waals surface area contributed by atoms with Gasteiger partial charge in [0.05, 0.1) is 6.61 Å². The van der Waals surface area contributed by atoms with Gasteiger partial charge < -0.3 is 9.64 Å². The van der Waals surface area contributed by atoms with E-state index in [-0.39, 0.29) is 5.41 Å². The SMILES string of the molecule is COCCc1nsc(N2c3ccccc3[C@]3(C)CCCC[C@H]23)n1. The van der Waals surface area contributed by atoms with Crippen molar-refractivity contribution in [1.82, 2.24) is 9.36 Å². The molecule has 0 spiro atoms. The lowest BCUT2D eigenvalue weighted by Gasteiger charge is -2.39. The Morgan fingerprint density at radius 1 is 1.35 bits per heavy atom. The summed E-state index contributed by atoms with van der Waals surface area (Å²) in [4.78, 5) is 7.26. The summed E-state index contributed by atoms with van der Waals surface area (Å²) in [5.74, 6) is 0.897. The third kappa shape index (κ3) is 2.37. The topological polar surface area (TPSA) is 38.2 Å². The van der Waals surface area contributed by atoms with E-state index in [9.17, 15) is 0 Å². The fourth-order valence-electron chi connectivity index (χ4n) is 4.25. The van der Waals surface area contributed by atoms with Crippen LogP contribution in [0.25, 0.3) is 0 Å². The maximum Gasteiger partial charge on any atom is 0.210 e. The molecule has 122 valence electrons. The minimum Gasteiger partial charge on any atom is -0.384 e. The van der Waals surface area contributed by atoms with Crippen LogP contribution in [0.3, 0.4) is 0 Å². The van der Waals surface area contributed by atoms with E-state index in [4.69, 9.17) is 9.72 Å². The first-order valence-electron chi connectivity index (χ1n) is 8.44. The van der Waals surface area contributed by atoms with Gasteiger partial charge in [0.15, 0.2) is 0 Å². The molecule has 5 heteroatoms. The van der Waals surface area contributed by atoms with Crippen molar-refractivity contribution < 1.29 is 4.74 Å². The van der Waals surface area contributed by atoms with Gasteiger partial charge in [0.25, 0.3) is 0 Å². The molecule has 0 N–H and O–H groups in total. The van der Waals surface area contributed by atoms with Gasteiger partial charge in [-0.15, -0.1) is 0 Å². The minimum absolute atomic E-state index is 0.243. The fourth-order valence-corrected chi connectivity index (χ4v) is 5.03. The van der Waals surface area contributed by atoms with E-state index < -0.39 is 0 Å². The van der Waals surface area contributed by atoms with Gasteiger partial charge in [-0.2, -0.15) is 4.37 Å². The predicted molar refractivity (Wildman–Crippen MR) is 93.7 cm³/mol. The molecule has 0 amide bonds. The summed E-state index contributed by atoms with van der Waals surface area (Å²) < 4.78 is 9.69. The van der Waals surface area contributed by atoms with Crippen LogP contribution in [-0.4, -0.2) is 29.1 Å². The Hall–Kier alpha value is -1.46. The second-order valence-electron chi connectivity index (χ2n) is 6.80. The molecule has 2 aliphatic rings. The number of benzene rings is 1. The monoisotopic (exact) mass is 329 g/mol. The van der Waals surface area contributed by atoms with Gasteiger partial charge in [-0.05, 0) is 24.5 Å². The number of hydrogen-bond acceptors (Lipinski definition) is 5. The van der Waals surface area contributed by atoms with E-state index in [2.05, 4.69) is 40.5 Å². The van der Waals surface area contributed by atoms with Crippen LogP contribution in [0.1, 0.15) is 44.0 Å². The van der Waals surface area contributed by atoms with Crippen molar-refractivity contribution >= 4 is 22.4 Å². The molecule has 2 heterocycles. The highest BCUT2D eigenvalue weighted by Gasteiger charge is 2.49. The van der Waals surface area contributed by atoms with Gasteiger partial charge in [0.2, 0.25) is 5.13 Å². The van der Waals surface area contributed by atoms with Crippen molar-refractivity contribution in [3.05, 3.63) is 35.7 Å². The molecular weight excluding hydrogens is 306 g/mol. The summed E-state index contributed by atoms with van der Waals surface area (Å²) >= 11 is 1.52. The zero-order valence-corrected chi connectivity index (χ0v) is 14.6. The standard InChI is InChI=1S/C18H23N3OS/c1-18-11-6-5-9-15(18)21(14-8-4-3-7-13(14)18)17-19-16(20-23-17)10-12-22-2/h3-4,7-8,15H,5-6,9-12H2,1-2H3/t15-,18-/m0/s1. The number of methoxy groups -OCH3 is 1. The van der Waals surface area contributed by atoms with Gasteiger partial charge in [-0.3, -0.25) is 0 Å². The molecule has 2 aromatic rings. The van der Waals surface area contributed by atoms with Gasteiger partial charge in [0, 0.05) is 42.2 Å². The van der Waals surface area contributed by atoms with Crippen LogP contribution in [0.4, 0.5) is 10.8 Å². The number of hydrogen-bond donors (Lipinski definition) is 0. The summed E-state index contributed by atoms with van der Waals surface area (Å²) in [7, 11) is 1.72. The van der Waals surface area contributed by atoms with Crippen LogP contribution >= 0.6 is 11.5 Å². The van der Waals surface area contributed by atoms with E-state index in [0.717, 1.165) is 17.4 Å². The fraction of sp³-hybridized carbons (Fsp3) is 0.556. The highest BCUT2D eigenvalue weighted by atomic mass is 32.1. The second-order valence-corrected chi connectivity index (χ2v) is 7.53. The molecule has 4 rings (SSSR count). The van der Waals surface area contributed by atoms with Gasteiger partial charge >= 0.3 is 0 Å². The summed E-state index contributed by atoms with van der Waals surface area (Å²) in [6.45, 7) is 3.11. The minimum atomic E-state index is 0.243. The molecule has 1 aromatic heterocycles. The van der Waals surface area contributed by atoms with Crippen molar-refractivity contribution in [3.63, 3.8) is 0 Å². The third-order valence-corrected chi connectivity index (χ3v) is 6.20. The molecular formula is C18H23N3OS. The van der Waals surface area contributed by atoms with Crippen LogP contribution in [0.5, 0.6) is 0 Å². The van der Waals surface area contributed by atoms with Gasteiger partial charge in [0.1, 0.15) is 5.82 Å². The van der Waals surface area contributed by atoms with E-state index in [1.54, 1.807) is 7.11 Å². The number of anilines is 2. The van der Waals surface area contributed by atoms with Gasteiger partial charge in [-0.25, -0.2) is 4.98 Å². The Balaban J connectivity index is 1.74. The lowest BCUT2D eigenvalue weighted by molar-refractivity contribution is 0.201. The number of ether oxygens (including phenoxy) is 1. The van der Waals surface area contributed by atoms with Crippen molar-refractivity contribution in [1.29, 1.82) is 0 Å². The Labute approximate surface area is 141 Å².